The van der Waals surface area contributed by atoms with Crippen LogP contribution in [0.5, 0.6) is 0 Å². The van der Waals surface area contributed by atoms with Gasteiger partial charge in [-0.1, -0.05) is 26.7 Å². The summed E-state index contributed by atoms with van der Waals surface area (Å²) in [6, 6.07) is 0.506. The van der Waals surface area contributed by atoms with Gasteiger partial charge in [-0.2, -0.15) is 0 Å². The van der Waals surface area contributed by atoms with Crippen molar-refractivity contribution in [2.24, 2.45) is 11.8 Å². The second-order valence-corrected chi connectivity index (χ2v) is 5.05. The fourth-order valence-electron chi connectivity index (χ4n) is 2.05. The number of rotatable bonds is 5. The number of hydrogen-bond acceptors (Lipinski definition) is 2. The van der Waals surface area contributed by atoms with Gasteiger partial charge in [0.05, 0.1) is 6.10 Å². The summed E-state index contributed by atoms with van der Waals surface area (Å²) in [6.07, 6.45) is 4.93. The maximum absolute atomic E-state index is 9.92. The van der Waals surface area contributed by atoms with Crippen LogP contribution in [0.3, 0.4) is 0 Å². The Morgan fingerprint density at radius 2 is 1.79 bits per heavy atom. The second-order valence-electron chi connectivity index (χ2n) is 5.05. The normalized spacial score (nSPS) is 22.9. The lowest BCUT2D eigenvalue weighted by Gasteiger charge is -2.23. The summed E-state index contributed by atoms with van der Waals surface area (Å²) in [4.78, 5) is 0. The van der Waals surface area contributed by atoms with E-state index in [1.165, 1.54) is 25.7 Å². The van der Waals surface area contributed by atoms with Gasteiger partial charge in [0, 0.05) is 12.6 Å². The lowest BCUT2D eigenvalue weighted by molar-refractivity contribution is 0.104. The Bertz CT molecular complexity index is 152. The Labute approximate surface area is 88.1 Å². The van der Waals surface area contributed by atoms with E-state index in [1.54, 1.807) is 0 Å². The summed E-state index contributed by atoms with van der Waals surface area (Å²) in [5.41, 5.74) is 0. The Morgan fingerprint density at radius 1 is 1.21 bits per heavy atom. The molecule has 0 bridgehead atoms. The fourth-order valence-corrected chi connectivity index (χ4v) is 2.05. The van der Waals surface area contributed by atoms with Gasteiger partial charge in [-0.3, -0.25) is 0 Å². The number of hydrogen-bond donors (Lipinski definition) is 2. The van der Waals surface area contributed by atoms with E-state index < -0.39 is 0 Å². The fraction of sp³-hybridized carbons (Fsp3) is 1.00. The summed E-state index contributed by atoms with van der Waals surface area (Å²) in [6.45, 7) is 7.37. The van der Waals surface area contributed by atoms with Crippen LogP contribution in [0.15, 0.2) is 0 Å². The summed E-state index contributed by atoms with van der Waals surface area (Å²) >= 11 is 0. The number of aliphatic hydroxyl groups excluding tert-OH is 1. The van der Waals surface area contributed by atoms with Crippen molar-refractivity contribution in [3.05, 3.63) is 0 Å². The Kier molecular flexibility index (Phi) is 4.90. The highest BCUT2D eigenvalue weighted by molar-refractivity contribution is 4.77. The molecule has 0 saturated heterocycles. The maximum atomic E-state index is 9.92. The number of nitrogens with one attached hydrogen (secondary N) is 1. The van der Waals surface area contributed by atoms with E-state index >= 15 is 0 Å². The molecular formula is C12H25NO. The van der Waals surface area contributed by atoms with E-state index in [0.717, 1.165) is 6.54 Å². The first-order valence-electron chi connectivity index (χ1n) is 6.02. The summed E-state index contributed by atoms with van der Waals surface area (Å²) in [7, 11) is 0. The summed E-state index contributed by atoms with van der Waals surface area (Å²) in [5.74, 6) is 1.20. The van der Waals surface area contributed by atoms with Crippen molar-refractivity contribution in [3.8, 4) is 0 Å². The highest BCUT2D eigenvalue weighted by Crippen LogP contribution is 2.27. The molecule has 1 rings (SSSR count). The van der Waals surface area contributed by atoms with Crippen LogP contribution in [0, 0.1) is 11.8 Å². The van der Waals surface area contributed by atoms with E-state index in [1.807, 2.05) is 0 Å². The quantitative estimate of drug-likeness (QED) is 0.711. The minimum Gasteiger partial charge on any atom is -0.392 e. The van der Waals surface area contributed by atoms with Crippen LogP contribution in [-0.2, 0) is 0 Å². The van der Waals surface area contributed by atoms with Crippen LogP contribution < -0.4 is 5.32 Å². The molecule has 2 atom stereocenters. The van der Waals surface area contributed by atoms with Crippen LogP contribution >= 0.6 is 0 Å². The first-order valence-corrected chi connectivity index (χ1v) is 6.02. The highest BCUT2D eigenvalue weighted by Gasteiger charge is 2.23. The van der Waals surface area contributed by atoms with Gasteiger partial charge in [0.15, 0.2) is 0 Å². The number of aliphatic hydroxyl groups is 1. The van der Waals surface area contributed by atoms with Crippen LogP contribution in [0.2, 0.25) is 0 Å². The molecule has 0 aromatic carbocycles. The van der Waals surface area contributed by atoms with E-state index in [4.69, 9.17) is 0 Å². The topological polar surface area (TPSA) is 32.3 Å². The molecule has 84 valence electrons. The minimum absolute atomic E-state index is 0.126. The first-order chi connectivity index (χ1) is 6.61. The van der Waals surface area contributed by atoms with Crippen molar-refractivity contribution in [2.45, 2.75) is 58.6 Å². The monoisotopic (exact) mass is 199 g/mol. The third-order valence-corrected chi connectivity index (χ3v) is 3.59. The smallest absolute Gasteiger partial charge is 0.0692 e. The SMILES string of the molecule is CC(C)C(C)NCC(O)C1CCCC1. The van der Waals surface area contributed by atoms with Gasteiger partial charge in [-0.25, -0.2) is 0 Å². The summed E-state index contributed by atoms with van der Waals surface area (Å²) in [5, 5.41) is 13.3. The van der Waals surface area contributed by atoms with E-state index in [9.17, 15) is 5.11 Å². The predicted octanol–water partition coefficient (Wildman–Crippen LogP) is 2.17. The maximum Gasteiger partial charge on any atom is 0.0692 e. The largest absolute Gasteiger partial charge is 0.392 e. The van der Waals surface area contributed by atoms with Gasteiger partial charge in [-0.15, -0.1) is 0 Å². The van der Waals surface area contributed by atoms with Gasteiger partial charge < -0.3 is 10.4 Å². The zero-order chi connectivity index (χ0) is 10.6. The Hall–Kier alpha value is -0.0800. The van der Waals surface area contributed by atoms with Crippen molar-refractivity contribution in [3.63, 3.8) is 0 Å². The molecule has 1 saturated carbocycles. The molecular weight excluding hydrogens is 174 g/mol. The van der Waals surface area contributed by atoms with Crippen LogP contribution in [0.4, 0.5) is 0 Å². The van der Waals surface area contributed by atoms with Gasteiger partial charge in [0.2, 0.25) is 0 Å². The lowest BCUT2D eigenvalue weighted by Crippen LogP contribution is -2.39. The standard InChI is InChI=1S/C12H25NO/c1-9(2)10(3)13-8-12(14)11-6-4-5-7-11/h9-14H,4-8H2,1-3H3. The molecule has 1 aliphatic carbocycles. The van der Waals surface area contributed by atoms with Crippen molar-refractivity contribution < 1.29 is 5.11 Å². The van der Waals surface area contributed by atoms with Gasteiger partial charge in [-0.05, 0) is 31.6 Å². The van der Waals surface area contributed by atoms with Crippen LogP contribution in [-0.4, -0.2) is 23.8 Å². The third-order valence-electron chi connectivity index (χ3n) is 3.59. The van der Waals surface area contributed by atoms with E-state index in [0.29, 0.717) is 17.9 Å². The zero-order valence-electron chi connectivity index (χ0n) is 9.79. The molecule has 1 fully saturated rings. The van der Waals surface area contributed by atoms with E-state index in [2.05, 4.69) is 26.1 Å². The lowest BCUT2D eigenvalue weighted by atomic mass is 10.00. The third kappa shape index (κ3) is 3.58. The predicted molar refractivity (Wildman–Crippen MR) is 60.3 cm³/mol. The van der Waals surface area contributed by atoms with E-state index in [-0.39, 0.29) is 6.10 Å². The molecule has 2 nitrogen and oxygen atoms in total. The van der Waals surface area contributed by atoms with Crippen molar-refractivity contribution in [1.82, 2.24) is 5.32 Å². The van der Waals surface area contributed by atoms with Crippen molar-refractivity contribution in [1.29, 1.82) is 0 Å². The molecule has 0 amide bonds. The molecule has 0 aromatic rings. The molecule has 14 heavy (non-hydrogen) atoms. The molecule has 0 radical (unpaired) electrons. The van der Waals surface area contributed by atoms with Gasteiger partial charge >= 0.3 is 0 Å². The molecule has 0 aromatic heterocycles. The Balaban J connectivity index is 2.16. The summed E-state index contributed by atoms with van der Waals surface area (Å²) < 4.78 is 0. The average molecular weight is 199 g/mol. The minimum atomic E-state index is -0.126. The van der Waals surface area contributed by atoms with Gasteiger partial charge in [0.1, 0.15) is 0 Å². The van der Waals surface area contributed by atoms with Crippen molar-refractivity contribution >= 4 is 0 Å². The molecule has 2 unspecified atom stereocenters. The highest BCUT2D eigenvalue weighted by atomic mass is 16.3. The molecule has 0 aliphatic heterocycles. The molecule has 2 N–H and O–H groups in total. The molecule has 0 spiro atoms. The molecule has 1 aliphatic rings. The first kappa shape index (κ1) is 12.0. The molecule has 2 heteroatoms. The molecule has 0 heterocycles. The van der Waals surface area contributed by atoms with Crippen molar-refractivity contribution in [2.75, 3.05) is 6.54 Å². The van der Waals surface area contributed by atoms with Gasteiger partial charge in [0.25, 0.3) is 0 Å². The zero-order valence-corrected chi connectivity index (χ0v) is 9.79. The Morgan fingerprint density at radius 3 is 2.29 bits per heavy atom. The van der Waals surface area contributed by atoms with Crippen LogP contribution in [0.1, 0.15) is 46.5 Å². The second kappa shape index (κ2) is 5.72. The van der Waals surface area contributed by atoms with Crippen LogP contribution in [0.25, 0.3) is 0 Å². The average Bonchev–Trinajstić information content (AvgIpc) is 2.66.